The Labute approximate surface area is 99.4 Å². The van der Waals surface area contributed by atoms with Gasteiger partial charge < -0.3 is 16.0 Å². The average Bonchev–Trinajstić information content (AvgIpc) is 2.30. The first-order valence-electron chi connectivity index (χ1n) is 5.38. The van der Waals surface area contributed by atoms with Gasteiger partial charge in [0, 0.05) is 12.6 Å². The molecule has 0 aliphatic carbocycles. The maximum atomic E-state index is 11.2. The van der Waals surface area contributed by atoms with E-state index in [1.54, 1.807) is 0 Å². The zero-order valence-corrected chi connectivity index (χ0v) is 10.0. The molecule has 0 bridgehead atoms. The molecule has 0 amide bonds. The lowest BCUT2D eigenvalue weighted by molar-refractivity contribution is 0.612. The Bertz CT molecular complexity index is 379. The third-order valence-corrected chi connectivity index (χ3v) is 2.68. The second kappa shape index (κ2) is 6.50. The van der Waals surface area contributed by atoms with Gasteiger partial charge >= 0.3 is 0 Å². The molecule has 0 aliphatic heterocycles. The summed E-state index contributed by atoms with van der Waals surface area (Å²) in [7, 11) is 0. The summed E-state index contributed by atoms with van der Waals surface area (Å²) in [4.78, 5) is 17.6. The van der Waals surface area contributed by atoms with Gasteiger partial charge in [-0.1, -0.05) is 31.4 Å². The molecule has 1 aromatic heterocycles. The van der Waals surface area contributed by atoms with Crippen LogP contribution in [0.3, 0.4) is 0 Å². The number of aromatic amines is 1. The summed E-state index contributed by atoms with van der Waals surface area (Å²) in [5, 5.41) is 3.17. The van der Waals surface area contributed by atoms with E-state index in [1.807, 2.05) is 0 Å². The number of nitrogens with zero attached hydrogens (tertiary/aromatic N) is 1. The number of anilines is 1. The molecule has 0 aromatic carbocycles. The third-order valence-electron chi connectivity index (χ3n) is 2.33. The summed E-state index contributed by atoms with van der Waals surface area (Å²) < 4.78 is 0. The summed E-state index contributed by atoms with van der Waals surface area (Å²) in [6, 6.07) is 0.103. The predicted molar refractivity (Wildman–Crippen MR) is 65.9 cm³/mol. The molecular formula is C10H17ClN4O. The third kappa shape index (κ3) is 3.50. The van der Waals surface area contributed by atoms with E-state index < -0.39 is 0 Å². The number of halogens is 1. The quantitative estimate of drug-likeness (QED) is 0.705. The van der Waals surface area contributed by atoms with E-state index in [9.17, 15) is 4.79 Å². The van der Waals surface area contributed by atoms with Gasteiger partial charge in [0.1, 0.15) is 5.02 Å². The van der Waals surface area contributed by atoms with Crippen LogP contribution in [-0.2, 0) is 0 Å². The minimum Gasteiger partial charge on any atom is -0.365 e. The lowest BCUT2D eigenvalue weighted by Gasteiger charge is -2.17. The summed E-state index contributed by atoms with van der Waals surface area (Å²) in [6.45, 7) is 2.61. The van der Waals surface area contributed by atoms with Gasteiger partial charge in [0.05, 0.1) is 6.33 Å². The van der Waals surface area contributed by atoms with Gasteiger partial charge in [0.2, 0.25) is 0 Å². The molecule has 1 unspecified atom stereocenters. The molecule has 6 heteroatoms. The first kappa shape index (κ1) is 13.0. The molecule has 1 rings (SSSR count). The Balaban J connectivity index is 2.70. The van der Waals surface area contributed by atoms with E-state index in [-0.39, 0.29) is 16.6 Å². The van der Waals surface area contributed by atoms with Crippen LogP contribution >= 0.6 is 11.6 Å². The fourth-order valence-electron chi connectivity index (χ4n) is 1.38. The first-order chi connectivity index (χ1) is 7.69. The lowest BCUT2D eigenvalue weighted by atomic mass is 10.1. The maximum absolute atomic E-state index is 11.2. The molecule has 0 saturated heterocycles. The second-order valence-electron chi connectivity index (χ2n) is 3.61. The molecule has 1 atom stereocenters. The van der Waals surface area contributed by atoms with E-state index in [4.69, 9.17) is 17.3 Å². The summed E-state index contributed by atoms with van der Waals surface area (Å²) in [6.07, 6.45) is 4.45. The number of rotatable bonds is 6. The highest BCUT2D eigenvalue weighted by Crippen LogP contribution is 2.14. The van der Waals surface area contributed by atoms with E-state index >= 15 is 0 Å². The molecule has 16 heavy (non-hydrogen) atoms. The van der Waals surface area contributed by atoms with E-state index in [1.165, 1.54) is 6.33 Å². The molecule has 0 aliphatic rings. The van der Waals surface area contributed by atoms with Crippen molar-refractivity contribution in [2.75, 3.05) is 11.9 Å². The first-order valence-corrected chi connectivity index (χ1v) is 5.76. The molecular weight excluding hydrogens is 228 g/mol. The van der Waals surface area contributed by atoms with Crippen LogP contribution in [-0.4, -0.2) is 22.6 Å². The van der Waals surface area contributed by atoms with Crippen LogP contribution < -0.4 is 16.6 Å². The van der Waals surface area contributed by atoms with Gasteiger partial charge in [0.15, 0.2) is 5.82 Å². The van der Waals surface area contributed by atoms with Crippen LogP contribution in [0.1, 0.15) is 26.2 Å². The van der Waals surface area contributed by atoms with Gasteiger partial charge in [-0.25, -0.2) is 4.98 Å². The number of unbranched alkanes of at least 4 members (excludes halogenated alkanes) is 1. The number of H-pyrrole nitrogens is 1. The van der Waals surface area contributed by atoms with Crippen molar-refractivity contribution in [3.05, 3.63) is 21.7 Å². The number of hydrogen-bond donors (Lipinski definition) is 3. The Morgan fingerprint density at radius 3 is 3.06 bits per heavy atom. The molecule has 0 spiro atoms. The maximum Gasteiger partial charge on any atom is 0.271 e. The van der Waals surface area contributed by atoms with Gasteiger partial charge in [-0.3, -0.25) is 4.79 Å². The van der Waals surface area contributed by atoms with Gasteiger partial charge in [0.25, 0.3) is 5.56 Å². The fourth-order valence-corrected chi connectivity index (χ4v) is 1.53. The normalized spacial score (nSPS) is 12.4. The SMILES string of the molecule is CCCCC(CN)Nc1nc[nH]c(=O)c1Cl. The number of nitrogens with two attached hydrogens (primary N) is 1. The van der Waals surface area contributed by atoms with Crippen molar-refractivity contribution in [1.29, 1.82) is 0 Å². The largest absolute Gasteiger partial charge is 0.365 e. The number of nitrogens with one attached hydrogen (secondary N) is 2. The van der Waals surface area contributed by atoms with Crippen molar-refractivity contribution < 1.29 is 0 Å². The van der Waals surface area contributed by atoms with E-state index in [2.05, 4.69) is 22.2 Å². The van der Waals surface area contributed by atoms with Crippen molar-refractivity contribution in [2.45, 2.75) is 32.2 Å². The van der Waals surface area contributed by atoms with Crippen molar-refractivity contribution in [1.82, 2.24) is 9.97 Å². The molecule has 0 saturated carbocycles. The monoisotopic (exact) mass is 244 g/mol. The second-order valence-corrected chi connectivity index (χ2v) is 3.99. The van der Waals surface area contributed by atoms with Crippen molar-refractivity contribution in [3.63, 3.8) is 0 Å². The van der Waals surface area contributed by atoms with Gasteiger partial charge in [-0.05, 0) is 6.42 Å². The highest BCUT2D eigenvalue weighted by Gasteiger charge is 2.10. The van der Waals surface area contributed by atoms with Crippen molar-refractivity contribution in [2.24, 2.45) is 5.73 Å². The molecule has 0 radical (unpaired) electrons. The minimum absolute atomic E-state index is 0.0810. The van der Waals surface area contributed by atoms with Gasteiger partial charge in [-0.2, -0.15) is 0 Å². The Kier molecular flexibility index (Phi) is 5.28. The van der Waals surface area contributed by atoms with E-state index in [0.29, 0.717) is 12.4 Å². The zero-order chi connectivity index (χ0) is 12.0. The smallest absolute Gasteiger partial charge is 0.271 e. The Hall–Kier alpha value is -1.07. The average molecular weight is 245 g/mol. The number of hydrogen-bond acceptors (Lipinski definition) is 4. The van der Waals surface area contributed by atoms with Crippen LogP contribution in [0.15, 0.2) is 11.1 Å². The van der Waals surface area contributed by atoms with Crippen LogP contribution in [0.2, 0.25) is 5.02 Å². The summed E-state index contributed by atoms with van der Waals surface area (Å²) >= 11 is 5.82. The summed E-state index contributed by atoms with van der Waals surface area (Å²) in [5.74, 6) is 0.400. The van der Waals surface area contributed by atoms with Crippen LogP contribution in [0.25, 0.3) is 0 Å². The van der Waals surface area contributed by atoms with Crippen molar-refractivity contribution >= 4 is 17.4 Å². The lowest BCUT2D eigenvalue weighted by Crippen LogP contribution is -2.30. The molecule has 4 N–H and O–H groups in total. The molecule has 1 heterocycles. The fraction of sp³-hybridized carbons (Fsp3) is 0.600. The van der Waals surface area contributed by atoms with Gasteiger partial charge in [-0.15, -0.1) is 0 Å². The topological polar surface area (TPSA) is 83.8 Å². The Morgan fingerprint density at radius 2 is 2.44 bits per heavy atom. The highest BCUT2D eigenvalue weighted by atomic mass is 35.5. The Morgan fingerprint density at radius 1 is 1.69 bits per heavy atom. The predicted octanol–water partition coefficient (Wildman–Crippen LogP) is 1.35. The van der Waals surface area contributed by atoms with Crippen LogP contribution in [0.4, 0.5) is 5.82 Å². The molecule has 0 fully saturated rings. The summed E-state index contributed by atoms with van der Waals surface area (Å²) in [5.41, 5.74) is 5.29. The number of aromatic nitrogens is 2. The van der Waals surface area contributed by atoms with Crippen molar-refractivity contribution in [3.8, 4) is 0 Å². The molecule has 1 aromatic rings. The van der Waals surface area contributed by atoms with Crippen LogP contribution in [0, 0.1) is 0 Å². The zero-order valence-electron chi connectivity index (χ0n) is 9.29. The van der Waals surface area contributed by atoms with Crippen LogP contribution in [0.5, 0.6) is 0 Å². The molecule has 5 nitrogen and oxygen atoms in total. The van der Waals surface area contributed by atoms with E-state index in [0.717, 1.165) is 19.3 Å². The molecule has 90 valence electrons. The minimum atomic E-state index is -0.342. The standard InChI is InChI=1S/C10H17ClN4O/c1-2-3-4-7(5-12)15-9-8(11)10(16)14-6-13-9/h6-7H,2-5,12H2,1H3,(H2,13,14,15,16). The highest BCUT2D eigenvalue weighted by molar-refractivity contribution is 6.32.